The number of hydrogen-bond acceptors (Lipinski definition) is 4. The van der Waals surface area contributed by atoms with Gasteiger partial charge in [0, 0.05) is 16.2 Å². The lowest BCUT2D eigenvalue weighted by Crippen LogP contribution is -2.32. The third kappa shape index (κ3) is 2.97. The maximum absolute atomic E-state index is 13.7. The summed E-state index contributed by atoms with van der Waals surface area (Å²) in [6.45, 7) is 0. The van der Waals surface area contributed by atoms with Crippen molar-refractivity contribution in [2.75, 3.05) is 5.32 Å². The van der Waals surface area contributed by atoms with Gasteiger partial charge >= 0.3 is 0 Å². The number of halogens is 3. The monoisotopic (exact) mass is 448 g/mol. The molecule has 0 bridgehead atoms. The molecule has 8 heteroatoms. The van der Waals surface area contributed by atoms with Gasteiger partial charge in [0.2, 0.25) is 5.95 Å². The van der Waals surface area contributed by atoms with Gasteiger partial charge in [-0.3, -0.25) is 0 Å². The normalized spacial score (nSPS) is 18.8. The summed E-state index contributed by atoms with van der Waals surface area (Å²) >= 11 is 6.31. The molecule has 1 aromatic heterocycles. The van der Waals surface area contributed by atoms with Gasteiger partial charge < -0.3 is 10.1 Å². The Morgan fingerprint density at radius 2 is 1.59 bits per heavy atom. The van der Waals surface area contributed by atoms with Crippen LogP contribution >= 0.6 is 11.6 Å². The number of rotatable bonds is 2. The van der Waals surface area contributed by atoms with E-state index in [-0.39, 0.29) is 11.6 Å². The van der Waals surface area contributed by atoms with Crippen molar-refractivity contribution in [3.63, 3.8) is 0 Å². The molecule has 2 aliphatic rings. The molecule has 2 aliphatic heterocycles. The van der Waals surface area contributed by atoms with Crippen molar-refractivity contribution in [1.82, 2.24) is 14.8 Å². The molecule has 1 N–H and O–H groups in total. The number of ether oxygens (including phenoxy) is 1. The molecule has 4 aromatic rings. The van der Waals surface area contributed by atoms with E-state index in [0.717, 1.165) is 28.0 Å². The molecule has 2 atom stereocenters. The second-order valence-corrected chi connectivity index (χ2v) is 8.06. The Morgan fingerprint density at radius 3 is 2.31 bits per heavy atom. The van der Waals surface area contributed by atoms with E-state index in [1.165, 1.54) is 30.6 Å². The van der Waals surface area contributed by atoms with Gasteiger partial charge in [0.15, 0.2) is 0 Å². The maximum atomic E-state index is 13.7. The number of anilines is 1. The van der Waals surface area contributed by atoms with E-state index in [1.54, 1.807) is 35.0 Å². The quantitative estimate of drug-likeness (QED) is 0.423. The summed E-state index contributed by atoms with van der Waals surface area (Å²) in [6, 6.07) is 17.4. The minimum absolute atomic E-state index is 0.331. The predicted molar refractivity (Wildman–Crippen MR) is 116 cm³/mol. The molecule has 0 radical (unpaired) electrons. The minimum Gasteiger partial charge on any atom is -0.480 e. The second kappa shape index (κ2) is 7.17. The van der Waals surface area contributed by atoms with E-state index in [4.69, 9.17) is 16.3 Å². The lowest BCUT2D eigenvalue weighted by atomic mass is 9.84. The van der Waals surface area contributed by atoms with Crippen molar-refractivity contribution in [1.29, 1.82) is 0 Å². The summed E-state index contributed by atoms with van der Waals surface area (Å²) in [5.74, 6) is 0.522. The van der Waals surface area contributed by atoms with Crippen LogP contribution in [-0.2, 0) is 0 Å². The van der Waals surface area contributed by atoms with Crippen LogP contribution in [0.1, 0.15) is 28.8 Å². The molecular weight excluding hydrogens is 434 g/mol. The van der Waals surface area contributed by atoms with Gasteiger partial charge in [-0.2, -0.15) is 10.1 Å². The van der Waals surface area contributed by atoms with E-state index in [2.05, 4.69) is 15.4 Å². The number of aromatic nitrogens is 3. The molecule has 3 aromatic carbocycles. The molecule has 5 nitrogen and oxygen atoms in total. The zero-order chi connectivity index (χ0) is 21.8. The van der Waals surface area contributed by atoms with Gasteiger partial charge in [0.1, 0.15) is 35.9 Å². The van der Waals surface area contributed by atoms with Crippen LogP contribution in [0.3, 0.4) is 0 Å². The van der Waals surface area contributed by atoms with Crippen molar-refractivity contribution < 1.29 is 13.5 Å². The molecule has 0 saturated heterocycles. The Morgan fingerprint density at radius 1 is 0.906 bits per heavy atom. The smallest absolute Gasteiger partial charge is 0.226 e. The molecular formula is C24H15ClF2N4O. The average molecular weight is 449 g/mol. The Bertz CT molecular complexity index is 1370. The topological polar surface area (TPSA) is 52.0 Å². The van der Waals surface area contributed by atoms with Crippen molar-refractivity contribution >= 4 is 23.2 Å². The van der Waals surface area contributed by atoms with Crippen LogP contribution in [0.5, 0.6) is 5.75 Å². The van der Waals surface area contributed by atoms with Crippen LogP contribution < -0.4 is 10.1 Å². The van der Waals surface area contributed by atoms with Gasteiger partial charge in [0.25, 0.3) is 0 Å². The summed E-state index contributed by atoms with van der Waals surface area (Å²) in [5.41, 5.74) is 4.01. The van der Waals surface area contributed by atoms with Gasteiger partial charge in [-0.1, -0.05) is 35.9 Å². The molecule has 0 fully saturated rings. The van der Waals surface area contributed by atoms with Crippen LogP contribution in [0.4, 0.5) is 14.7 Å². The first kappa shape index (κ1) is 19.0. The van der Waals surface area contributed by atoms with E-state index in [0.29, 0.717) is 16.7 Å². The highest BCUT2D eigenvalue weighted by molar-refractivity contribution is 6.30. The number of nitrogens with one attached hydrogen (secondary N) is 1. The van der Waals surface area contributed by atoms with E-state index in [9.17, 15) is 8.78 Å². The molecule has 3 heterocycles. The lowest BCUT2D eigenvalue weighted by Gasteiger charge is -2.39. The van der Waals surface area contributed by atoms with Crippen molar-refractivity contribution in [2.45, 2.75) is 12.1 Å². The number of fused-ring (bicyclic) bond motifs is 3. The summed E-state index contributed by atoms with van der Waals surface area (Å²) in [4.78, 5) is 4.35. The van der Waals surface area contributed by atoms with E-state index in [1.807, 2.05) is 12.1 Å². The first-order chi connectivity index (χ1) is 15.6. The lowest BCUT2D eigenvalue weighted by molar-refractivity contribution is 0.223. The SMILES string of the molecule is Fc1ccc([C@@H]2Oc3ccc(Cl)cc3C3=C2[C@@H](c2ccc(F)cc2)n2ncnc2N3)cc1. The summed E-state index contributed by atoms with van der Waals surface area (Å²) in [6.07, 6.45) is 0.920. The van der Waals surface area contributed by atoms with Crippen LogP contribution in [0.25, 0.3) is 5.70 Å². The summed E-state index contributed by atoms with van der Waals surface area (Å²) in [7, 11) is 0. The van der Waals surface area contributed by atoms with Crippen LogP contribution in [0.2, 0.25) is 5.02 Å². The Labute approximate surface area is 186 Å². The predicted octanol–water partition coefficient (Wildman–Crippen LogP) is 5.77. The fourth-order valence-corrected chi connectivity index (χ4v) is 4.49. The first-order valence-electron chi connectivity index (χ1n) is 9.96. The second-order valence-electron chi connectivity index (χ2n) is 7.63. The standard InChI is InChI=1S/C24H15ClF2N4O/c25-15-5-10-19-18(11-15)21-20(23(32-19)14-3-8-17(27)9-4-14)22(13-1-6-16(26)7-2-13)31-24(30-21)28-12-29-31/h1-12,22-23H,(H,28,29,30)/t22-,23+/m1/s1. The molecule has 0 unspecified atom stereocenters. The molecule has 0 spiro atoms. The Hall–Kier alpha value is -3.71. The third-order valence-electron chi connectivity index (χ3n) is 5.73. The molecule has 0 amide bonds. The molecule has 6 rings (SSSR count). The molecule has 158 valence electrons. The van der Waals surface area contributed by atoms with Gasteiger partial charge in [-0.15, -0.1) is 0 Å². The minimum atomic E-state index is -0.542. The highest BCUT2D eigenvalue weighted by Gasteiger charge is 2.41. The summed E-state index contributed by atoms with van der Waals surface area (Å²) in [5, 5.41) is 8.35. The highest BCUT2D eigenvalue weighted by Crippen LogP contribution is 2.50. The fraction of sp³-hybridized carbons (Fsp3) is 0.0833. The largest absolute Gasteiger partial charge is 0.480 e. The highest BCUT2D eigenvalue weighted by atomic mass is 35.5. The Balaban J connectivity index is 1.63. The van der Waals surface area contributed by atoms with Crippen molar-refractivity contribution in [3.8, 4) is 5.75 Å². The number of nitrogens with zero attached hydrogens (tertiary/aromatic N) is 3. The first-order valence-corrected chi connectivity index (χ1v) is 10.3. The van der Waals surface area contributed by atoms with Crippen molar-refractivity contribution in [3.05, 3.63) is 112 Å². The van der Waals surface area contributed by atoms with E-state index >= 15 is 0 Å². The molecule has 32 heavy (non-hydrogen) atoms. The third-order valence-corrected chi connectivity index (χ3v) is 5.97. The molecule has 0 aliphatic carbocycles. The number of hydrogen-bond donors (Lipinski definition) is 1. The Kier molecular flexibility index (Phi) is 4.26. The number of benzene rings is 3. The average Bonchev–Trinajstić information content (AvgIpc) is 3.27. The van der Waals surface area contributed by atoms with Crippen LogP contribution in [0, 0.1) is 11.6 Å². The summed E-state index contributed by atoms with van der Waals surface area (Å²) < 4.78 is 35.5. The van der Waals surface area contributed by atoms with Crippen molar-refractivity contribution in [2.24, 2.45) is 0 Å². The van der Waals surface area contributed by atoms with Crippen LogP contribution in [0.15, 0.2) is 78.6 Å². The fourth-order valence-electron chi connectivity index (χ4n) is 4.32. The zero-order valence-electron chi connectivity index (χ0n) is 16.5. The van der Waals surface area contributed by atoms with Crippen LogP contribution in [-0.4, -0.2) is 14.8 Å². The maximum Gasteiger partial charge on any atom is 0.226 e. The van der Waals surface area contributed by atoms with Gasteiger partial charge in [-0.25, -0.2) is 13.5 Å². The zero-order valence-corrected chi connectivity index (χ0v) is 17.2. The van der Waals surface area contributed by atoms with Gasteiger partial charge in [-0.05, 0) is 53.6 Å². The molecule has 0 saturated carbocycles. The van der Waals surface area contributed by atoms with Gasteiger partial charge in [0.05, 0.1) is 5.70 Å². The van der Waals surface area contributed by atoms with E-state index < -0.39 is 12.1 Å².